The Bertz CT molecular complexity index is 577. The maximum absolute atomic E-state index is 12.6. The molecule has 0 saturated carbocycles. The molecule has 1 unspecified atom stereocenters. The number of carbonyl (C=O) groups excluding carboxylic acids is 4. The van der Waals surface area contributed by atoms with Crippen molar-refractivity contribution >= 4 is 23.5 Å². The van der Waals surface area contributed by atoms with Crippen LogP contribution in [-0.2, 0) is 28.7 Å². The zero-order valence-corrected chi connectivity index (χ0v) is 17.9. The number of ketones is 2. The van der Waals surface area contributed by atoms with Crippen LogP contribution in [0.4, 0.5) is 0 Å². The maximum Gasteiger partial charge on any atom is 0.376 e. The van der Waals surface area contributed by atoms with E-state index < -0.39 is 60.4 Å². The molecule has 0 bridgehead atoms. The first-order chi connectivity index (χ1) is 14.6. The van der Waals surface area contributed by atoms with Gasteiger partial charge in [0.05, 0.1) is 19.8 Å². The highest BCUT2D eigenvalue weighted by molar-refractivity contribution is 6.43. The lowest BCUT2D eigenvalue weighted by molar-refractivity contribution is -0.169. The molecule has 0 aromatic heterocycles. The monoisotopic (exact) mass is 450 g/mol. The minimum absolute atomic E-state index is 0.114. The minimum atomic E-state index is -2.53. The Morgan fingerprint density at radius 3 is 1.77 bits per heavy atom. The summed E-state index contributed by atoms with van der Waals surface area (Å²) in [6, 6.07) is 0. The van der Waals surface area contributed by atoms with E-state index in [2.05, 4.69) is 0 Å². The number of hydrogen-bond acceptors (Lipinski definition) is 11. The van der Waals surface area contributed by atoms with Gasteiger partial charge in [-0.3, -0.25) is 14.4 Å². The highest BCUT2D eigenvalue weighted by Gasteiger charge is 2.46. The first kappa shape index (κ1) is 29.1. The Balaban J connectivity index is 5.44. The van der Waals surface area contributed by atoms with Gasteiger partial charge in [0.2, 0.25) is 0 Å². The number of hydrogen-bond donors (Lipinski definition) is 5. The number of carbonyl (C=O) groups is 4. The molecule has 11 heteroatoms. The smallest absolute Gasteiger partial charge is 0.376 e. The van der Waals surface area contributed by atoms with Crippen molar-refractivity contribution in [3.05, 3.63) is 0 Å². The van der Waals surface area contributed by atoms with Gasteiger partial charge in [0.25, 0.3) is 5.78 Å². The third-order valence-corrected chi connectivity index (χ3v) is 4.50. The van der Waals surface area contributed by atoms with Gasteiger partial charge < -0.3 is 35.0 Å². The Kier molecular flexibility index (Phi) is 14.8. The standard InChI is InChI=1S/C20H34O11/c1-3-5-7-9-30-19(28)13(16(25)20(29)31-10-8-6-4-2)15(24)18(27)17(26)14(23)12(22)11-21/h12-14,17-18,21-23,26-27H,3-11H2,1-2H3/t12-,13?,14-,17+,18+/m1/s1. The number of Topliss-reactive ketones (excluding diaryl/α,β-unsaturated/α-hetero) is 2. The van der Waals surface area contributed by atoms with Crippen molar-refractivity contribution in [1.29, 1.82) is 0 Å². The van der Waals surface area contributed by atoms with Gasteiger partial charge in [-0.15, -0.1) is 0 Å². The van der Waals surface area contributed by atoms with E-state index in [9.17, 15) is 39.6 Å². The van der Waals surface area contributed by atoms with Crippen molar-refractivity contribution in [3.63, 3.8) is 0 Å². The fourth-order valence-corrected chi connectivity index (χ4v) is 2.53. The summed E-state index contributed by atoms with van der Waals surface area (Å²) in [5.41, 5.74) is 0. The quantitative estimate of drug-likeness (QED) is 0.0762. The molecule has 0 heterocycles. The SMILES string of the molecule is CCCCCOC(=O)C(=O)C(C(=O)OCCCCC)C(=O)[C@H](O)[C@@H](O)[C@H](O)[C@H](O)CO. The summed E-state index contributed by atoms with van der Waals surface area (Å²) in [6.07, 6.45) is -5.00. The van der Waals surface area contributed by atoms with Crippen LogP contribution < -0.4 is 0 Å². The van der Waals surface area contributed by atoms with Crippen LogP contribution in [0.3, 0.4) is 0 Å². The van der Waals surface area contributed by atoms with Crippen LogP contribution >= 0.6 is 0 Å². The van der Waals surface area contributed by atoms with E-state index in [1.165, 1.54) is 0 Å². The summed E-state index contributed by atoms with van der Waals surface area (Å²) in [5.74, 6) is -8.47. The van der Waals surface area contributed by atoms with E-state index >= 15 is 0 Å². The van der Waals surface area contributed by atoms with Crippen molar-refractivity contribution in [1.82, 2.24) is 0 Å². The van der Waals surface area contributed by atoms with Crippen molar-refractivity contribution in [2.24, 2.45) is 5.92 Å². The normalized spacial score (nSPS) is 16.0. The molecule has 0 aliphatic heterocycles. The lowest BCUT2D eigenvalue weighted by atomic mass is 9.90. The Morgan fingerprint density at radius 2 is 1.29 bits per heavy atom. The Hall–Kier alpha value is -1.92. The lowest BCUT2D eigenvalue weighted by Gasteiger charge is -2.26. The van der Waals surface area contributed by atoms with Gasteiger partial charge in [-0.05, 0) is 12.8 Å². The highest BCUT2D eigenvalue weighted by Crippen LogP contribution is 2.15. The number of unbranched alkanes of at least 4 members (excludes halogenated alkanes) is 4. The molecule has 0 saturated heterocycles. The molecule has 0 rings (SSSR count). The third-order valence-electron chi connectivity index (χ3n) is 4.50. The van der Waals surface area contributed by atoms with Crippen LogP contribution in [0.15, 0.2) is 0 Å². The zero-order chi connectivity index (χ0) is 24.0. The number of ether oxygens (including phenoxy) is 2. The second-order valence-corrected chi connectivity index (χ2v) is 7.09. The summed E-state index contributed by atoms with van der Waals surface area (Å²) >= 11 is 0. The number of aliphatic hydroxyl groups excluding tert-OH is 5. The van der Waals surface area contributed by atoms with E-state index in [0.717, 1.165) is 19.3 Å². The zero-order valence-electron chi connectivity index (χ0n) is 17.9. The molecule has 31 heavy (non-hydrogen) atoms. The van der Waals surface area contributed by atoms with Crippen LogP contribution in [-0.4, -0.2) is 93.3 Å². The second kappa shape index (κ2) is 15.8. The van der Waals surface area contributed by atoms with Gasteiger partial charge in [0.15, 0.2) is 11.7 Å². The van der Waals surface area contributed by atoms with Crippen molar-refractivity contribution in [2.45, 2.75) is 76.8 Å². The van der Waals surface area contributed by atoms with E-state index in [4.69, 9.17) is 14.6 Å². The van der Waals surface area contributed by atoms with Crippen LogP contribution in [0.5, 0.6) is 0 Å². The molecule has 0 amide bonds. The van der Waals surface area contributed by atoms with Crippen LogP contribution in [0.2, 0.25) is 0 Å². The highest BCUT2D eigenvalue weighted by atomic mass is 16.5. The third kappa shape index (κ3) is 9.83. The molecule has 0 spiro atoms. The minimum Gasteiger partial charge on any atom is -0.465 e. The van der Waals surface area contributed by atoms with E-state index in [1.54, 1.807) is 0 Å². The molecule has 11 nitrogen and oxygen atoms in total. The van der Waals surface area contributed by atoms with E-state index in [-0.39, 0.29) is 13.2 Å². The fraction of sp³-hybridized carbons (Fsp3) is 0.800. The first-order valence-electron chi connectivity index (χ1n) is 10.4. The molecule has 0 aliphatic rings. The maximum atomic E-state index is 12.6. The average Bonchev–Trinajstić information content (AvgIpc) is 2.77. The van der Waals surface area contributed by atoms with Gasteiger partial charge in [0.1, 0.15) is 24.4 Å². The molecule has 0 aromatic carbocycles. The predicted octanol–water partition coefficient (Wildman–Crippen LogP) is -1.36. The summed E-state index contributed by atoms with van der Waals surface area (Å²) in [6.45, 7) is 2.56. The van der Waals surface area contributed by atoms with Crippen molar-refractivity contribution in [3.8, 4) is 0 Å². The Labute approximate surface area is 181 Å². The molecule has 0 radical (unpaired) electrons. The number of aliphatic hydroxyl groups is 5. The number of esters is 2. The molecule has 0 aliphatic carbocycles. The molecule has 180 valence electrons. The number of rotatable bonds is 17. The van der Waals surface area contributed by atoms with Gasteiger partial charge in [-0.2, -0.15) is 0 Å². The first-order valence-corrected chi connectivity index (χ1v) is 10.4. The molecular weight excluding hydrogens is 416 g/mol. The lowest BCUT2D eigenvalue weighted by Crippen LogP contribution is -2.52. The van der Waals surface area contributed by atoms with Gasteiger partial charge in [0, 0.05) is 0 Å². The van der Waals surface area contributed by atoms with Crippen molar-refractivity contribution in [2.75, 3.05) is 19.8 Å². The van der Waals surface area contributed by atoms with Crippen molar-refractivity contribution < 1.29 is 54.2 Å². The van der Waals surface area contributed by atoms with Crippen LogP contribution in [0.1, 0.15) is 52.4 Å². The summed E-state index contributed by atoms with van der Waals surface area (Å²) < 4.78 is 9.63. The molecule has 5 atom stereocenters. The van der Waals surface area contributed by atoms with Gasteiger partial charge in [-0.25, -0.2) is 4.79 Å². The molecule has 0 aromatic rings. The summed E-state index contributed by atoms with van der Waals surface area (Å²) in [7, 11) is 0. The largest absolute Gasteiger partial charge is 0.465 e. The molecular formula is C20H34O11. The van der Waals surface area contributed by atoms with E-state index in [0.29, 0.717) is 19.3 Å². The molecule has 0 fully saturated rings. The van der Waals surface area contributed by atoms with Gasteiger partial charge >= 0.3 is 11.9 Å². The van der Waals surface area contributed by atoms with Crippen LogP contribution in [0.25, 0.3) is 0 Å². The summed E-state index contributed by atoms with van der Waals surface area (Å²) in [4.78, 5) is 49.3. The average molecular weight is 450 g/mol. The topological polar surface area (TPSA) is 188 Å². The summed E-state index contributed by atoms with van der Waals surface area (Å²) in [5, 5.41) is 47.8. The van der Waals surface area contributed by atoms with E-state index in [1.807, 2.05) is 13.8 Å². The second-order valence-electron chi connectivity index (χ2n) is 7.09. The van der Waals surface area contributed by atoms with Gasteiger partial charge in [-0.1, -0.05) is 39.5 Å². The molecule has 5 N–H and O–H groups in total. The fourth-order valence-electron chi connectivity index (χ4n) is 2.53. The Morgan fingerprint density at radius 1 is 0.774 bits per heavy atom. The predicted molar refractivity (Wildman–Crippen MR) is 106 cm³/mol. The van der Waals surface area contributed by atoms with Crippen LogP contribution in [0, 0.1) is 5.92 Å².